The van der Waals surface area contributed by atoms with Crippen LogP contribution in [0.4, 0.5) is 0 Å². The lowest BCUT2D eigenvalue weighted by Gasteiger charge is -2.19. The molecule has 3 aromatic heterocycles. The highest BCUT2D eigenvalue weighted by molar-refractivity contribution is 5.70. The van der Waals surface area contributed by atoms with Gasteiger partial charge in [-0.1, -0.05) is 6.92 Å². The molecular formula is C23H30N4O2. The van der Waals surface area contributed by atoms with Gasteiger partial charge in [-0.05, 0) is 66.0 Å². The summed E-state index contributed by atoms with van der Waals surface area (Å²) in [4.78, 5) is 25.8. The molecule has 6 heteroatoms. The van der Waals surface area contributed by atoms with Crippen LogP contribution in [0.5, 0.6) is 0 Å². The van der Waals surface area contributed by atoms with Crippen LogP contribution in [0.25, 0.3) is 16.9 Å². The zero-order valence-corrected chi connectivity index (χ0v) is 18.2. The second-order valence-electron chi connectivity index (χ2n) is 8.40. The van der Waals surface area contributed by atoms with E-state index in [1.807, 2.05) is 53.1 Å². The molecule has 0 unspecified atom stereocenters. The predicted molar refractivity (Wildman–Crippen MR) is 114 cm³/mol. The van der Waals surface area contributed by atoms with Crippen LogP contribution in [0.2, 0.25) is 0 Å². The molecule has 0 atom stereocenters. The fraction of sp³-hybridized carbons (Fsp3) is 0.478. The zero-order valence-electron chi connectivity index (χ0n) is 18.2. The van der Waals surface area contributed by atoms with Crippen LogP contribution in [-0.2, 0) is 22.4 Å². The molecule has 3 rings (SSSR count). The van der Waals surface area contributed by atoms with Gasteiger partial charge in [0.25, 0.3) is 0 Å². The van der Waals surface area contributed by atoms with Gasteiger partial charge in [0, 0.05) is 30.1 Å². The second-order valence-corrected chi connectivity index (χ2v) is 8.40. The number of aryl methyl sites for hydroxylation is 4. The number of aromatic nitrogens is 4. The van der Waals surface area contributed by atoms with Gasteiger partial charge in [0.2, 0.25) is 0 Å². The van der Waals surface area contributed by atoms with Crippen molar-refractivity contribution in [1.82, 2.24) is 19.4 Å². The summed E-state index contributed by atoms with van der Waals surface area (Å²) in [6.07, 6.45) is 6.64. The van der Waals surface area contributed by atoms with Gasteiger partial charge in [-0.2, -0.15) is 0 Å². The van der Waals surface area contributed by atoms with E-state index in [1.54, 1.807) is 0 Å². The van der Waals surface area contributed by atoms with Crippen molar-refractivity contribution in [3.8, 4) is 11.3 Å². The first kappa shape index (κ1) is 21.0. The molecule has 6 nitrogen and oxygen atoms in total. The summed E-state index contributed by atoms with van der Waals surface area (Å²) < 4.78 is 7.48. The van der Waals surface area contributed by atoms with Gasteiger partial charge in [0.1, 0.15) is 5.60 Å². The van der Waals surface area contributed by atoms with Crippen LogP contribution in [0, 0.1) is 13.8 Å². The average molecular weight is 395 g/mol. The highest BCUT2D eigenvalue weighted by Gasteiger charge is 2.17. The standard InChI is InChI=1S/C23H30N4O2/c1-7-19-21(27-14-15(2)25-16(3)22(27)26-19)17-11-12-18(24-13-17)9-8-10-20(28)29-23(4,5)6/h11-14H,7-10H2,1-6H3. The van der Waals surface area contributed by atoms with E-state index in [9.17, 15) is 4.79 Å². The molecular weight excluding hydrogens is 364 g/mol. The molecule has 0 saturated heterocycles. The first-order chi connectivity index (χ1) is 13.7. The Kier molecular flexibility index (Phi) is 6.01. The van der Waals surface area contributed by atoms with E-state index in [1.165, 1.54) is 0 Å². The van der Waals surface area contributed by atoms with Crippen LogP contribution in [0.1, 0.15) is 63.3 Å². The number of carbonyl (C=O) groups is 1. The average Bonchev–Trinajstić information content (AvgIpc) is 2.99. The van der Waals surface area contributed by atoms with E-state index >= 15 is 0 Å². The Morgan fingerprint density at radius 1 is 1.17 bits per heavy atom. The lowest BCUT2D eigenvalue weighted by Crippen LogP contribution is -2.23. The van der Waals surface area contributed by atoms with E-state index in [4.69, 9.17) is 9.72 Å². The molecule has 0 bridgehead atoms. The fourth-order valence-corrected chi connectivity index (χ4v) is 3.46. The molecule has 3 heterocycles. The molecule has 0 amide bonds. The molecule has 0 aromatic carbocycles. The van der Waals surface area contributed by atoms with Crippen molar-refractivity contribution in [3.63, 3.8) is 0 Å². The monoisotopic (exact) mass is 394 g/mol. The van der Waals surface area contributed by atoms with Gasteiger partial charge in [0.15, 0.2) is 5.65 Å². The number of carbonyl (C=O) groups excluding carboxylic acids is 1. The van der Waals surface area contributed by atoms with Gasteiger partial charge in [0.05, 0.1) is 22.8 Å². The van der Waals surface area contributed by atoms with Crippen molar-refractivity contribution in [3.05, 3.63) is 47.3 Å². The molecule has 3 aromatic rings. The molecule has 0 spiro atoms. The fourth-order valence-electron chi connectivity index (χ4n) is 3.46. The van der Waals surface area contributed by atoms with Crippen LogP contribution in [0.3, 0.4) is 0 Å². The van der Waals surface area contributed by atoms with Gasteiger partial charge < -0.3 is 4.74 Å². The number of hydrogen-bond donors (Lipinski definition) is 0. The zero-order chi connectivity index (χ0) is 21.2. The maximum absolute atomic E-state index is 11.9. The van der Waals surface area contributed by atoms with E-state index < -0.39 is 5.60 Å². The molecule has 0 aliphatic heterocycles. The summed E-state index contributed by atoms with van der Waals surface area (Å²) in [7, 11) is 0. The number of imidazole rings is 1. The number of pyridine rings is 1. The molecule has 0 aliphatic rings. The highest BCUT2D eigenvalue weighted by atomic mass is 16.6. The van der Waals surface area contributed by atoms with E-state index in [0.717, 1.165) is 58.9 Å². The van der Waals surface area contributed by atoms with Crippen LogP contribution < -0.4 is 0 Å². The van der Waals surface area contributed by atoms with E-state index in [2.05, 4.69) is 27.4 Å². The summed E-state index contributed by atoms with van der Waals surface area (Å²) >= 11 is 0. The number of nitrogens with zero attached hydrogens (tertiary/aromatic N) is 4. The van der Waals surface area contributed by atoms with Crippen molar-refractivity contribution in [1.29, 1.82) is 0 Å². The molecule has 0 radical (unpaired) electrons. The minimum atomic E-state index is -0.436. The third-order valence-electron chi connectivity index (χ3n) is 4.63. The van der Waals surface area contributed by atoms with Gasteiger partial charge in [-0.3, -0.25) is 19.2 Å². The highest BCUT2D eigenvalue weighted by Crippen LogP contribution is 2.27. The van der Waals surface area contributed by atoms with Crippen molar-refractivity contribution in [2.75, 3.05) is 0 Å². The smallest absolute Gasteiger partial charge is 0.306 e. The number of rotatable bonds is 6. The van der Waals surface area contributed by atoms with Gasteiger partial charge >= 0.3 is 5.97 Å². The van der Waals surface area contributed by atoms with Crippen LogP contribution >= 0.6 is 0 Å². The van der Waals surface area contributed by atoms with E-state index in [-0.39, 0.29) is 5.97 Å². The Hall–Kier alpha value is -2.76. The number of esters is 1. The molecule has 0 fully saturated rings. The number of fused-ring (bicyclic) bond motifs is 1. The Labute approximate surface area is 172 Å². The lowest BCUT2D eigenvalue weighted by molar-refractivity contribution is -0.154. The first-order valence-corrected chi connectivity index (χ1v) is 10.2. The number of hydrogen-bond acceptors (Lipinski definition) is 5. The lowest BCUT2D eigenvalue weighted by atomic mass is 10.1. The maximum Gasteiger partial charge on any atom is 0.306 e. The van der Waals surface area contributed by atoms with Gasteiger partial charge in [-0.25, -0.2) is 4.98 Å². The maximum atomic E-state index is 11.9. The Morgan fingerprint density at radius 2 is 1.93 bits per heavy atom. The third-order valence-corrected chi connectivity index (χ3v) is 4.63. The van der Waals surface area contributed by atoms with Crippen molar-refractivity contribution in [2.45, 2.75) is 72.8 Å². The Morgan fingerprint density at radius 3 is 2.55 bits per heavy atom. The molecule has 0 saturated carbocycles. The summed E-state index contributed by atoms with van der Waals surface area (Å²) in [5.74, 6) is -0.160. The molecule has 0 N–H and O–H groups in total. The topological polar surface area (TPSA) is 69.4 Å². The summed E-state index contributed by atoms with van der Waals surface area (Å²) in [6.45, 7) is 11.7. The van der Waals surface area contributed by atoms with Crippen LogP contribution in [-0.4, -0.2) is 30.9 Å². The molecule has 154 valence electrons. The molecule has 29 heavy (non-hydrogen) atoms. The minimum absolute atomic E-state index is 0.160. The first-order valence-electron chi connectivity index (χ1n) is 10.2. The molecule has 0 aliphatic carbocycles. The minimum Gasteiger partial charge on any atom is -0.460 e. The Balaban J connectivity index is 1.76. The predicted octanol–water partition coefficient (Wildman–Crippen LogP) is 4.63. The van der Waals surface area contributed by atoms with Crippen molar-refractivity contribution >= 4 is 11.6 Å². The quantitative estimate of drug-likeness (QED) is 0.570. The normalized spacial score (nSPS) is 11.8. The largest absolute Gasteiger partial charge is 0.460 e. The van der Waals surface area contributed by atoms with Crippen molar-refractivity contribution in [2.24, 2.45) is 0 Å². The summed E-state index contributed by atoms with van der Waals surface area (Å²) in [6, 6.07) is 4.12. The SMILES string of the molecule is CCc1nc2c(C)nc(C)cn2c1-c1ccc(CCCC(=O)OC(C)(C)C)nc1. The second kappa shape index (κ2) is 8.31. The van der Waals surface area contributed by atoms with Crippen LogP contribution in [0.15, 0.2) is 24.5 Å². The summed E-state index contributed by atoms with van der Waals surface area (Å²) in [5, 5.41) is 0. The van der Waals surface area contributed by atoms with Crippen molar-refractivity contribution < 1.29 is 9.53 Å². The third kappa shape index (κ3) is 5.00. The Bertz CT molecular complexity index is 1010. The van der Waals surface area contributed by atoms with E-state index in [0.29, 0.717) is 6.42 Å². The summed E-state index contributed by atoms with van der Waals surface area (Å²) in [5.41, 5.74) is 6.47. The van der Waals surface area contributed by atoms with Gasteiger partial charge in [-0.15, -0.1) is 0 Å². The number of ether oxygens (including phenoxy) is 1.